The molecule has 0 aliphatic carbocycles. The van der Waals surface area contributed by atoms with Gasteiger partial charge in [-0.25, -0.2) is 8.42 Å². The third kappa shape index (κ3) is 3.54. The topological polar surface area (TPSA) is 54.5 Å². The van der Waals surface area contributed by atoms with E-state index in [2.05, 4.69) is 15.9 Å². The molecule has 1 aliphatic heterocycles. The van der Waals surface area contributed by atoms with Crippen molar-refractivity contribution in [1.29, 1.82) is 0 Å². The summed E-state index contributed by atoms with van der Waals surface area (Å²) in [6.45, 7) is 0.928. The number of likely N-dealkylation sites (tertiary alicyclic amines) is 1. The highest BCUT2D eigenvalue weighted by Gasteiger charge is 2.32. The lowest BCUT2D eigenvalue weighted by Gasteiger charge is -2.31. The van der Waals surface area contributed by atoms with Crippen LogP contribution in [0.25, 0.3) is 0 Å². The summed E-state index contributed by atoms with van der Waals surface area (Å²) in [5.41, 5.74) is 0.627. The van der Waals surface area contributed by atoms with E-state index in [1.807, 2.05) is 12.1 Å². The van der Waals surface area contributed by atoms with Crippen LogP contribution in [0.4, 0.5) is 0 Å². The molecule has 24 heavy (non-hydrogen) atoms. The third-order valence-electron chi connectivity index (χ3n) is 4.33. The lowest BCUT2D eigenvalue weighted by atomic mass is 10.1. The first kappa shape index (κ1) is 17.2. The van der Waals surface area contributed by atoms with Crippen LogP contribution in [0.1, 0.15) is 23.2 Å². The highest BCUT2D eigenvalue weighted by molar-refractivity contribution is 9.10. The lowest BCUT2D eigenvalue weighted by molar-refractivity contribution is 0.0725. The second-order valence-corrected chi connectivity index (χ2v) is 9.00. The maximum absolute atomic E-state index is 12.7. The van der Waals surface area contributed by atoms with Crippen LogP contribution in [0.15, 0.2) is 64.0 Å². The Balaban J connectivity index is 1.67. The zero-order valence-corrected chi connectivity index (χ0v) is 15.5. The first-order valence-corrected chi connectivity index (χ1v) is 10.2. The molecule has 6 heteroatoms. The Morgan fingerprint density at radius 1 is 0.958 bits per heavy atom. The number of halogens is 1. The summed E-state index contributed by atoms with van der Waals surface area (Å²) >= 11 is 3.35. The maximum Gasteiger partial charge on any atom is 0.253 e. The van der Waals surface area contributed by atoms with E-state index in [1.165, 1.54) is 0 Å². The van der Waals surface area contributed by atoms with Gasteiger partial charge in [0.2, 0.25) is 0 Å². The molecular weight excluding hydrogens is 390 g/mol. The Hall–Kier alpha value is -1.66. The molecule has 0 aromatic heterocycles. The van der Waals surface area contributed by atoms with Crippen LogP contribution >= 0.6 is 15.9 Å². The number of piperidine rings is 1. The van der Waals surface area contributed by atoms with Crippen LogP contribution in [-0.2, 0) is 9.84 Å². The number of nitrogens with zero attached hydrogens (tertiary/aromatic N) is 1. The Morgan fingerprint density at radius 2 is 1.54 bits per heavy atom. The third-order valence-corrected chi connectivity index (χ3v) is 7.14. The fourth-order valence-corrected chi connectivity index (χ4v) is 4.96. The minimum atomic E-state index is -3.33. The van der Waals surface area contributed by atoms with Crippen LogP contribution < -0.4 is 0 Å². The van der Waals surface area contributed by atoms with Crippen LogP contribution in [0.3, 0.4) is 0 Å². The van der Waals surface area contributed by atoms with Crippen molar-refractivity contribution in [1.82, 2.24) is 4.90 Å². The monoisotopic (exact) mass is 407 g/mol. The van der Waals surface area contributed by atoms with Crippen molar-refractivity contribution >= 4 is 31.7 Å². The van der Waals surface area contributed by atoms with Crippen LogP contribution in [0, 0.1) is 0 Å². The Morgan fingerprint density at radius 3 is 2.12 bits per heavy atom. The molecule has 4 nitrogen and oxygen atoms in total. The molecule has 0 atom stereocenters. The van der Waals surface area contributed by atoms with Crippen molar-refractivity contribution in [3.05, 3.63) is 64.6 Å². The smallest absolute Gasteiger partial charge is 0.253 e. The summed E-state index contributed by atoms with van der Waals surface area (Å²) in [5.74, 6) is -0.0435. The summed E-state index contributed by atoms with van der Waals surface area (Å²) in [7, 11) is -3.33. The molecule has 2 aromatic rings. The Labute approximate surface area is 150 Å². The summed E-state index contributed by atoms with van der Waals surface area (Å²) < 4.78 is 26.2. The van der Waals surface area contributed by atoms with Crippen LogP contribution in [0.5, 0.6) is 0 Å². The van der Waals surface area contributed by atoms with Gasteiger partial charge in [-0.05, 0) is 49.2 Å². The number of benzene rings is 2. The molecule has 1 fully saturated rings. The van der Waals surface area contributed by atoms with Crippen LogP contribution in [0.2, 0.25) is 0 Å². The summed E-state index contributed by atoms with van der Waals surface area (Å²) in [4.78, 5) is 14.6. The number of rotatable bonds is 3. The molecule has 0 radical (unpaired) electrons. The summed E-state index contributed by atoms with van der Waals surface area (Å²) in [5, 5.41) is -0.422. The first-order chi connectivity index (χ1) is 11.5. The van der Waals surface area contributed by atoms with Gasteiger partial charge in [0.1, 0.15) is 0 Å². The molecule has 0 saturated carbocycles. The molecule has 1 heterocycles. The van der Waals surface area contributed by atoms with Gasteiger partial charge >= 0.3 is 0 Å². The number of carbonyl (C=O) groups excluding carboxylic acids is 1. The van der Waals surface area contributed by atoms with Crippen molar-refractivity contribution < 1.29 is 13.2 Å². The maximum atomic E-state index is 12.7. The van der Waals surface area contributed by atoms with Crippen molar-refractivity contribution in [3.8, 4) is 0 Å². The lowest BCUT2D eigenvalue weighted by Crippen LogP contribution is -2.42. The standard InChI is InChI=1S/C18H18BrNO3S/c19-15-8-6-14(7-9-15)18(21)20-12-10-17(11-13-20)24(22,23)16-4-2-1-3-5-16/h1-9,17H,10-13H2. The Kier molecular flexibility index (Phi) is 5.06. The van der Waals surface area contributed by atoms with Gasteiger partial charge in [0.05, 0.1) is 10.1 Å². The number of hydrogen-bond donors (Lipinski definition) is 0. The second kappa shape index (κ2) is 7.07. The van der Waals surface area contributed by atoms with Crippen molar-refractivity contribution in [2.45, 2.75) is 23.0 Å². The quantitative estimate of drug-likeness (QED) is 0.781. The molecule has 3 rings (SSSR count). The van der Waals surface area contributed by atoms with E-state index in [0.717, 1.165) is 4.47 Å². The minimum Gasteiger partial charge on any atom is -0.339 e. The van der Waals surface area contributed by atoms with Gasteiger partial charge in [-0.15, -0.1) is 0 Å². The van der Waals surface area contributed by atoms with Crippen LogP contribution in [-0.4, -0.2) is 37.6 Å². The van der Waals surface area contributed by atoms with Gasteiger partial charge in [-0.3, -0.25) is 4.79 Å². The van der Waals surface area contributed by atoms with Gasteiger partial charge in [-0.1, -0.05) is 34.1 Å². The number of hydrogen-bond acceptors (Lipinski definition) is 3. The molecule has 0 bridgehead atoms. The SMILES string of the molecule is O=C(c1ccc(Br)cc1)N1CCC(S(=O)(=O)c2ccccc2)CC1. The van der Waals surface area contributed by atoms with Gasteiger partial charge in [0.15, 0.2) is 9.84 Å². The van der Waals surface area contributed by atoms with Crippen molar-refractivity contribution in [2.24, 2.45) is 0 Å². The molecule has 1 aliphatic rings. The van der Waals surface area contributed by atoms with Gasteiger partial charge < -0.3 is 4.90 Å². The predicted octanol–water partition coefficient (Wildman–Crippen LogP) is 3.53. The van der Waals surface area contributed by atoms with E-state index in [-0.39, 0.29) is 5.91 Å². The van der Waals surface area contributed by atoms with Crippen molar-refractivity contribution in [2.75, 3.05) is 13.1 Å². The molecule has 2 aromatic carbocycles. The minimum absolute atomic E-state index is 0.0435. The number of carbonyl (C=O) groups is 1. The van der Waals surface area contributed by atoms with Gasteiger partial charge in [-0.2, -0.15) is 0 Å². The molecule has 0 N–H and O–H groups in total. The zero-order valence-electron chi connectivity index (χ0n) is 13.1. The highest BCUT2D eigenvalue weighted by Crippen LogP contribution is 2.25. The summed E-state index contributed by atoms with van der Waals surface area (Å²) in [6.07, 6.45) is 0.943. The molecular formula is C18H18BrNO3S. The van der Waals surface area contributed by atoms with E-state index in [4.69, 9.17) is 0 Å². The molecule has 126 valence electrons. The number of amides is 1. The predicted molar refractivity (Wildman–Crippen MR) is 96.7 cm³/mol. The molecule has 1 amide bonds. The van der Waals surface area contributed by atoms with Gasteiger partial charge in [0.25, 0.3) is 5.91 Å². The van der Waals surface area contributed by atoms with Gasteiger partial charge in [0, 0.05) is 23.1 Å². The average Bonchev–Trinajstić information content (AvgIpc) is 2.62. The fraction of sp³-hybridized carbons (Fsp3) is 0.278. The fourth-order valence-electron chi connectivity index (χ4n) is 2.95. The molecule has 0 spiro atoms. The van der Waals surface area contributed by atoms with E-state index in [0.29, 0.717) is 36.4 Å². The second-order valence-electron chi connectivity index (χ2n) is 5.86. The molecule has 0 unspecified atom stereocenters. The van der Waals surface area contributed by atoms with E-state index in [1.54, 1.807) is 47.4 Å². The number of sulfone groups is 1. The highest BCUT2D eigenvalue weighted by atomic mass is 79.9. The first-order valence-electron chi connectivity index (χ1n) is 7.82. The van der Waals surface area contributed by atoms with E-state index >= 15 is 0 Å². The van der Waals surface area contributed by atoms with E-state index in [9.17, 15) is 13.2 Å². The van der Waals surface area contributed by atoms with E-state index < -0.39 is 15.1 Å². The normalized spacial score (nSPS) is 16.1. The van der Waals surface area contributed by atoms with Crippen molar-refractivity contribution in [3.63, 3.8) is 0 Å². The molecule has 1 saturated heterocycles. The largest absolute Gasteiger partial charge is 0.339 e. The summed E-state index contributed by atoms with van der Waals surface area (Å²) in [6, 6.07) is 15.8. The zero-order chi connectivity index (χ0) is 17.2. The Bertz CT molecular complexity index is 811. The average molecular weight is 408 g/mol.